The van der Waals surface area contributed by atoms with E-state index in [4.69, 9.17) is 5.10 Å². The van der Waals surface area contributed by atoms with Crippen LogP contribution in [0.2, 0.25) is 0 Å². The minimum absolute atomic E-state index is 0.863. The van der Waals surface area contributed by atoms with Crippen LogP contribution in [-0.2, 0) is 19.4 Å². The molecule has 0 saturated carbocycles. The van der Waals surface area contributed by atoms with Gasteiger partial charge in [0.1, 0.15) is 0 Å². The largest absolute Gasteiger partial charge is 0.316 e. The number of aryl methyl sites for hydroxylation is 3. The summed E-state index contributed by atoms with van der Waals surface area (Å²) in [6.07, 6.45) is 1.98. The Morgan fingerprint density at radius 3 is 2.58 bits per heavy atom. The summed E-state index contributed by atoms with van der Waals surface area (Å²) in [6, 6.07) is 8.77. The zero-order valence-electron chi connectivity index (χ0n) is 12.3. The van der Waals surface area contributed by atoms with Gasteiger partial charge in [0.15, 0.2) is 0 Å². The van der Waals surface area contributed by atoms with E-state index in [1.165, 1.54) is 22.5 Å². The van der Waals surface area contributed by atoms with E-state index in [1.54, 1.807) is 0 Å². The second-order valence-electron chi connectivity index (χ2n) is 4.91. The molecular formula is C16H23N3. The van der Waals surface area contributed by atoms with Gasteiger partial charge in [0, 0.05) is 12.2 Å². The minimum atomic E-state index is 0.863. The Kier molecular flexibility index (Phi) is 4.38. The Balaban J connectivity index is 2.53. The maximum Gasteiger partial charge on any atom is 0.0694 e. The van der Waals surface area contributed by atoms with Crippen LogP contribution in [0.4, 0.5) is 0 Å². The summed E-state index contributed by atoms with van der Waals surface area (Å²) < 4.78 is 2.10. The predicted octanol–water partition coefficient (Wildman–Crippen LogP) is 3.02. The van der Waals surface area contributed by atoms with E-state index in [1.807, 2.05) is 7.05 Å². The summed E-state index contributed by atoms with van der Waals surface area (Å²) in [6.45, 7) is 7.32. The maximum atomic E-state index is 4.73. The molecular weight excluding hydrogens is 234 g/mol. The lowest BCUT2D eigenvalue weighted by atomic mass is 10.1. The van der Waals surface area contributed by atoms with E-state index in [0.29, 0.717) is 0 Å². The molecule has 0 amide bonds. The van der Waals surface area contributed by atoms with Gasteiger partial charge in [-0.15, -0.1) is 0 Å². The highest BCUT2D eigenvalue weighted by molar-refractivity contribution is 5.44. The zero-order chi connectivity index (χ0) is 13.8. The van der Waals surface area contributed by atoms with Crippen molar-refractivity contribution in [3.8, 4) is 5.69 Å². The van der Waals surface area contributed by atoms with Gasteiger partial charge in [0.2, 0.25) is 0 Å². The van der Waals surface area contributed by atoms with Gasteiger partial charge >= 0.3 is 0 Å². The van der Waals surface area contributed by atoms with Crippen LogP contribution >= 0.6 is 0 Å². The van der Waals surface area contributed by atoms with Crippen molar-refractivity contribution in [3.05, 3.63) is 46.8 Å². The van der Waals surface area contributed by atoms with Gasteiger partial charge in [-0.2, -0.15) is 5.10 Å². The molecule has 1 N–H and O–H groups in total. The van der Waals surface area contributed by atoms with E-state index < -0.39 is 0 Å². The van der Waals surface area contributed by atoms with Gasteiger partial charge in [-0.05, 0) is 44.5 Å². The van der Waals surface area contributed by atoms with E-state index in [0.717, 1.165) is 25.1 Å². The number of nitrogens with one attached hydrogen (secondary N) is 1. The highest BCUT2D eigenvalue weighted by Crippen LogP contribution is 2.19. The first-order valence-corrected chi connectivity index (χ1v) is 7.01. The number of nitrogens with zero attached hydrogens (tertiary/aromatic N) is 2. The molecule has 0 aliphatic heterocycles. The van der Waals surface area contributed by atoms with Gasteiger partial charge in [0.05, 0.1) is 11.4 Å². The molecule has 102 valence electrons. The number of aromatic nitrogens is 2. The lowest BCUT2D eigenvalue weighted by molar-refractivity contribution is 0.757. The summed E-state index contributed by atoms with van der Waals surface area (Å²) >= 11 is 0. The first-order chi connectivity index (χ1) is 9.19. The van der Waals surface area contributed by atoms with E-state index in [9.17, 15) is 0 Å². The third-order valence-electron chi connectivity index (χ3n) is 3.39. The fourth-order valence-electron chi connectivity index (χ4n) is 2.36. The Labute approximate surface area is 115 Å². The number of rotatable bonds is 5. The molecule has 0 atom stereocenters. The molecule has 1 aromatic carbocycles. The first-order valence-electron chi connectivity index (χ1n) is 7.01. The number of benzene rings is 1. The average molecular weight is 257 g/mol. The zero-order valence-corrected chi connectivity index (χ0v) is 12.3. The molecule has 2 rings (SSSR count). The standard InChI is InChI=1S/C16H23N3/c1-5-14-10-15(6-2)19(18-14)16-8-7-12(3)9-13(16)11-17-4/h7-10,17H,5-6,11H2,1-4H3. The molecule has 0 radical (unpaired) electrons. The fourth-order valence-corrected chi connectivity index (χ4v) is 2.36. The average Bonchev–Trinajstić information content (AvgIpc) is 2.82. The highest BCUT2D eigenvalue weighted by atomic mass is 15.3. The van der Waals surface area contributed by atoms with Crippen molar-refractivity contribution in [1.82, 2.24) is 15.1 Å². The van der Waals surface area contributed by atoms with Crippen LogP contribution in [0.3, 0.4) is 0 Å². The van der Waals surface area contributed by atoms with Crippen molar-refractivity contribution in [2.45, 2.75) is 40.2 Å². The predicted molar refractivity (Wildman–Crippen MR) is 79.8 cm³/mol. The quantitative estimate of drug-likeness (QED) is 0.892. The molecule has 0 bridgehead atoms. The summed E-state index contributed by atoms with van der Waals surface area (Å²) in [5, 5.41) is 7.97. The lowest BCUT2D eigenvalue weighted by Crippen LogP contribution is -2.11. The van der Waals surface area contributed by atoms with Gasteiger partial charge in [-0.1, -0.05) is 31.5 Å². The molecule has 3 nitrogen and oxygen atoms in total. The van der Waals surface area contributed by atoms with Crippen molar-refractivity contribution >= 4 is 0 Å². The normalized spacial score (nSPS) is 10.9. The third kappa shape index (κ3) is 2.87. The Hall–Kier alpha value is -1.61. The number of hydrogen-bond acceptors (Lipinski definition) is 2. The maximum absolute atomic E-state index is 4.73. The monoisotopic (exact) mass is 257 g/mol. The Morgan fingerprint density at radius 2 is 1.95 bits per heavy atom. The van der Waals surface area contributed by atoms with Gasteiger partial charge < -0.3 is 5.32 Å². The van der Waals surface area contributed by atoms with Crippen molar-refractivity contribution < 1.29 is 0 Å². The molecule has 0 aliphatic rings. The minimum Gasteiger partial charge on any atom is -0.316 e. The molecule has 0 unspecified atom stereocenters. The summed E-state index contributed by atoms with van der Waals surface area (Å²) in [7, 11) is 1.98. The van der Waals surface area contributed by atoms with Gasteiger partial charge in [-0.3, -0.25) is 0 Å². The molecule has 0 fully saturated rings. The lowest BCUT2D eigenvalue weighted by Gasteiger charge is -2.12. The fraction of sp³-hybridized carbons (Fsp3) is 0.438. The summed E-state index contributed by atoms with van der Waals surface area (Å²) in [5.41, 5.74) is 6.21. The summed E-state index contributed by atoms with van der Waals surface area (Å²) in [5.74, 6) is 0. The third-order valence-corrected chi connectivity index (χ3v) is 3.39. The van der Waals surface area contributed by atoms with Crippen LogP contribution in [0.15, 0.2) is 24.3 Å². The second-order valence-corrected chi connectivity index (χ2v) is 4.91. The van der Waals surface area contributed by atoms with Crippen molar-refractivity contribution in [2.75, 3.05) is 7.05 Å². The van der Waals surface area contributed by atoms with E-state index in [2.05, 4.69) is 55.0 Å². The van der Waals surface area contributed by atoms with Crippen LogP contribution < -0.4 is 5.32 Å². The van der Waals surface area contributed by atoms with E-state index in [-0.39, 0.29) is 0 Å². The van der Waals surface area contributed by atoms with E-state index >= 15 is 0 Å². The molecule has 0 spiro atoms. The van der Waals surface area contributed by atoms with Crippen molar-refractivity contribution in [1.29, 1.82) is 0 Å². The molecule has 19 heavy (non-hydrogen) atoms. The molecule has 2 aromatic rings. The summed E-state index contributed by atoms with van der Waals surface area (Å²) in [4.78, 5) is 0. The second kappa shape index (κ2) is 6.02. The molecule has 1 aromatic heterocycles. The first kappa shape index (κ1) is 13.8. The van der Waals surface area contributed by atoms with Crippen LogP contribution in [0.25, 0.3) is 5.69 Å². The van der Waals surface area contributed by atoms with Crippen LogP contribution in [0.5, 0.6) is 0 Å². The Morgan fingerprint density at radius 1 is 1.16 bits per heavy atom. The van der Waals surface area contributed by atoms with Gasteiger partial charge in [-0.25, -0.2) is 4.68 Å². The Bertz CT molecular complexity index is 555. The smallest absolute Gasteiger partial charge is 0.0694 e. The van der Waals surface area contributed by atoms with Crippen LogP contribution in [0, 0.1) is 6.92 Å². The van der Waals surface area contributed by atoms with Gasteiger partial charge in [0.25, 0.3) is 0 Å². The van der Waals surface area contributed by atoms with Crippen LogP contribution in [-0.4, -0.2) is 16.8 Å². The molecule has 0 aliphatic carbocycles. The molecule has 1 heterocycles. The topological polar surface area (TPSA) is 29.9 Å². The van der Waals surface area contributed by atoms with Crippen LogP contribution in [0.1, 0.15) is 36.4 Å². The highest BCUT2D eigenvalue weighted by Gasteiger charge is 2.11. The van der Waals surface area contributed by atoms with Crippen molar-refractivity contribution in [3.63, 3.8) is 0 Å². The number of hydrogen-bond donors (Lipinski definition) is 1. The molecule has 0 saturated heterocycles. The SMILES string of the molecule is CCc1cc(CC)n(-c2ccc(C)cc2CNC)n1. The van der Waals surface area contributed by atoms with Crippen molar-refractivity contribution in [2.24, 2.45) is 0 Å². The molecule has 3 heteroatoms.